The molecule has 0 N–H and O–H groups in total. The van der Waals surface area contributed by atoms with E-state index in [0.717, 1.165) is 18.3 Å². The van der Waals surface area contributed by atoms with Crippen LogP contribution in [0.4, 0.5) is 0 Å². The predicted molar refractivity (Wildman–Crippen MR) is 36.1 cm³/mol. The van der Waals surface area contributed by atoms with Gasteiger partial charge in [0.05, 0.1) is 0 Å². The molecule has 0 saturated heterocycles. The van der Waals surface area contributed by atoms with Gasteiger partial charge in [-0.15, -0.1) is 0 Å². The van der Waals surface area contributed by atoms with E-state index < -0.39 is 0 Å². The Morgan fingerprint density at radius 3 is 2.10 bits per heavy atom. The van der Waals surface area contributed by atoms with Crippen molar-refractivity contribution < 1.29 is 42.3 Å². The second-order valence-corrected chi connectivity index (χ2v) is 4.28. The molecule has 10 heavy (non-hydrogen) atoms. The zero-order valence-electron chi connectivity index (χ0n) is 5.07. The third kappa shape index (κ3) is 3.04. The first kappa shape index (κ1) is 11.2. The molecule has 1 rings (SSSR count). The van der Waals surface area contributed by atoms with Crippen molar-refractivity contribution in [3.63, 3.8) is 0 Å². The van der Waals surface area contributed by atoms with Crippen molar-refractivity contribution >= 4 is 27.4 Å². The van der Waals surface area contributed by atoms with Crippen molar-refractivity contribution in [1.29, 1.82) is 0 Å². The molecule has 0 amide bonds. The summed E-state index contributed by atoms with van der Waals surface area (Å²) in [7, 11) is 0. The van der Waals surface area contributed by atoms with Gasteiger partial charge in [0, 0.05) is 0 Å². The first-order valence-electron chi connectivity index (χ1n) is 2.47. The largest absolute Gasteiger partial charge is 1.00 e. The van der Waals surface area contributed by atoms with E-state index in [0.29, 0.717) is 10.0 Å². The maximum absolute atomic E-state index is 5.70. The molecule has 0 spiro atoms. The fourth-order valence-corrected chi connectivity index (χ4v) is 1.81. The Morgan fingerprint density at radius 1 is 1.10 bits per heavy atom. The molecule has 0 aliphatic rings. The summed E-state index contributed by atoms with van der Waals surface area (Å²) >= 11 is 12.5. The molecule has 0 radical (unpaired) electrons. The van der Waals surface area contributed by atoms with Crippen LogP contribution in [0.25, 0.3) is 0 Å². The molecule has 1 aromatic carbocycles. The van der Waals surface area contributed by atoms with Gasteiger partial charge < -0.3 is 24.0 Å². The van der Waals surface area contributed by atoms with Crippen molar-refractivity contribution in [3.8, 4) is 0 Å². The molecule has 0 atom stereocenters. The topological polar surface area (TPSA) is 0 Å². The minimum Gasteiger partial charge on any atom is -1.00 e. The van der Waals surface area contributed by atoms with Gasteiger partial charge in [0.2, 0.25) is 0 Å². The van der Waals surface area contributed by atoms with Crippen LogP contribution in [0.2, 0.25) is 10.0 Å². The first-order chi connectivity index (χ1) is 4.20. The molecule has 0 bridgehead atoms. The Balaban J connectivity index is 0.000000810. The fourth-order valence-electron chi connectivity index (χ4n) is 0.540. The minimum absolute atomic E-state index is 0. The summed E-state index contributed by atoms with van der Waals surface area (Å²) in [5.41, 5.74) is 0. The van der Waals surface area contributed by atoms with Crippen LogP contribution < -0.4 is 28.1 Å². The number of rotatable bonds is 0. The molecule has 50 valence electrons. The second-order valence-electron chi connectivity index (χ2n) is 1.75. The van der Waals surface area contributed by atoms with Gasteiger partial charge in [-0.2, -0.15) is 0 Å². The Morgan fingerprint density at radius 2 is 1.70 bits per heavy atom. The van der Waals surface area contributed by atoms with Crippen LogP contribution in [0.5, 0.6) is 0 Å². The van der Waals surface area contributed by atoms with Gasteiger partial charge in [-0.1, -0.05) is 0 Å². The van der Waals surface area contributed by atoms with Gasteiger partial charge in [-0.25, -0.2) is 0 Å². The maximum Gasteiger partial charge on any atom is -1.00 e. The van der Waals surface area contributed by atoms with E-state index in [9.17, 15) is 0 Å². The van der Waals surface area contributed by atoms with E-state index in [1.165, 1.54) is 4.16 Å². The van der Waals surface area contributed by atoms with E-state index in [-0.39, 0.29) is 24.0 Å². The molecule has 0 aliphatic carbocycles. The summed E-state index contributed by atoms with van der Waals surface area (Å²) < 4.78 is 1.25. The second kappa shape index (κ2) is 4.92. The van der Waals surface area contributed by atoms with Crippen molar-refractivity contribution in [2.24, 2.45) is 0 Å². The maximum atomic E-state index is 5.70. The van der Waals surface area contributed by atoms with Crippen molar-refractivity contribution in [3.05, 3.63) is 28.2 Å². The predicted octanol–water partition coefficient (Wildman–Crippen LogP) is -0.831. The van der Waals surface area contributed by atoms with E-state index in [1.54, 1.807) is 0 Å². The number of halogens is 3. The standard InChI is InChI=1S/C6H3Cl2.HI.Zn/c7-5-3-1-2-4-6(5)8;;/h1,3-4H;1H;/q;;+1/p-1. The summed E-state index contributed by atoms with van der Waals surface area (Å²) in [4.78, 5) is 0. The Labute approximate surface area is 97.0 Å². The molecule has 1 aromatic rings. The van der Waals surface area contributed by atoms with Crippen LogP contribution in [0.3, 0.4) is 0 Å². The summed E-state index contributed by atoms with van der Waals surface area (Å²) in [5, 5.41) is 1.29. The third-order valence-electron chi connectivity index (χ3n) is 0.984. The van der Waals surface area contributed by atoms with Gasteiger partial charge in [0.15, 0.2) is 0 Å². The quantitative estimate of drug-likeness (QED) is 0.428. The van der Waals surface area contributed by atoms with Crippen LogP contribution >= 0.6 is 23.2 Å². The van der Waals surface area contributed by atoms with E-state index in [4.69, 9.17) is 23.2 Å². The van der Waals surface area contributed by atoms with Crippen LogP contribution in [-0.4, -0.2) is 0 Å². The van der Waals surface area contributed by atoms with Crippen LogP contribution in [0.1, 0.15) is 0 Å². The van der Waals surface area contributed by atoms with Crippen LogP contribution in [-0.2, 0) is 18.3 Å². The average molecular weight is 338 g/mol. The number of hydrogen-bond donors (Lipinski definition) is 0. The van der Waals surface area contributed by atoms with Crippen LogP contribution in [0, 0.1) is 0 Å². The molecule has 0 saturated carbocycles. The van der Waals surface area contributed by atoms with Gasteiger partial charge in [-0.05, 0) is 0 Å². The van der Waals surface area contributed by atoms with Crippen molar-refractivity contribution in [2.75, 3.05) is 0 Å². The molecule has 4 heteroatoms. The number of benzene rings is 1. The van der Waals surface area contributed by atoms with Gasteiger partial charge >= 0.3 is 73.9 Å². The van der Waals surface area contributed by atoms with Gasteiger partial charge in [0.1, 0.15) is 0 Å². The molecular formula is C6H3Cl2IZn. The van der Waals surface area contributed by atoms with Crippen molar-refractivity contribution in [1.82, 2.24) is 0 Å². The van der Waals surface area contributed by atoms with E-state index in [2.05, 4.69) is 0 Å². The third-order valence-corrected chi connectivity index (χ3v) is 2.65. The van der Waals surface area contributed by atoms with Crippen molar-refractivity contribution in [2.45, 2.75) is 0 Å². The van der Waals surface area contributed by atoms with Gasteiger partial charge in [-0.3, -0.25) is 0 Å². The molecule has 0 fully saturated rings. The molecule has 0 aliphatic heterocycles. The number of hydrogen-bond acceptors (Lipinski definition) is 0. The van der Waals surface area contributed by atoms with E-state index >= 15 is 0 Å². The smallest absolute Gasteiger partial charge is 1.00 e. The molecule has 0 aromatic heterocycles. The molecule has 0 unspecified atom stereocenters. The zero-order valence-corrected chi connectivity index (χ0v) is 11.7. The zero-order chi connectivity index (χ0) is 6.85. The SMILES string of the molecule is Clc1cc[c]([Zn+])cc1Cl.[I-]. The Bertz CT molecular complexity index is 227. The fraction of sp³-hybridized carbons (Fsp3) is 0. The van der Waals surface area contributed by atoms with Crippen LogP contribution in [0.15, 0.2) is 18.2 Å². The average Bonchev–Trinajstić information content (AvgIpc) is 1.80. The summed E-state index contributed by atoms with van der Waals surface area (Å²) in [6.45, 7) is 0. The summed E-state index contributed by atoms with van der Waals surface area (Å²) in [6.07, 6.45) is 0. The van der Waals surface area contributed by atoms with Gasteiger partial charge in [0.25, 0.3) is 0 Å². The summed E-state index contributed by atoms with van der Waals surface area (Å²) in [5.74, 6) is 0. The minimum atomic E-state index is 0. The molecule has 0 nitrogen and oxygen atoms in total. The Kier molecular flexibility index (Phi) is 5.48. The Hall–Kier alpha value is 1.15. The monoisotopic (exact) mass is 336 g/mol. The molecule has 0 heterocycles. The normalized spacial score (nSPS) is 8.80. The van der Waals surface area contributed by atoms with E-state index in [1.807, 2.05) is 18.2 Å². The molecular weight excluding hydrogens is 335 g/mol. The first-order valence-corrected chi connectivity index (χ1v) is 4.71. The summed E-state index contributed by atoms with van der Waals surface area (Å²) in [6, 6.07) is 5.70.